The van der Waals surface area contributed by atoms with Crippen LogP contribution in [-0.2, 0) is 16.1 Å². The molecule has 0 N–H and O–H groups in total. The number of hydrogen-bond acceptors (Lipinski definition) is 5. The van der Waals surface area contributed by atoms with E-state index >= 15 is 0 Å². The van der Waals surface area contributed by atoms with E-state index in [1.165, 1.54) is 18.3 Å². The Morgan fingerprint density at radius 3 is 2.43 bits per heavy atom. The van der Waals surface area contributed by atoms with Gasteiger partial charge in [0.2, 0.25) is 5.78 Å². The zero-order valence-electron chi connectivity index (χ0n) is 15.9. The van der Waals surface area contributed by atoms with Gasteiger partial charge >= 0.3 is 5.97 Å². The maximum absolute atomic E-state index is 13.0. The molecule has 0 spiro atoms. The van der Waals surface area contributed by atoms with Crippen LogP contribution in [0.4, 0.5) is 4.39 Å². The molecule has 148 valence electrons. The van der Waals surface area contributed by atoms with Crippen molar-refractivity contribution in [3.63, 3.8) is 0 Å². The first-order valence-electron chi connectivity index (χ1n) is 8.58. The van der Waals surface area contributed by atoms with Crippen LogP contribution in [0.5, 0.6) is 5.75 Å². The highest BCUT2D eigenvalue weighted by Gasteiger charge is 2.24. The van der Waals surface area contributed by atoms with Crippen LogP contribution in [0.15, 0.2) is 58.7 Å². The van der Waals surface area contributed by atoms with E-state index in [2.05, 4.69) is 15.9 Å². The van der Waals surface area contributed by atoms with Gasteiger partial charge in [0.15, 0.2) is 0 Å². The van der Waals surface area contributed by atoms with Crippen molar-refractivity contribution < 1.29 is 23.5 Å². The van der Waals surface area contributed by atoms with Gasteiger partial charge in [0.1, 0.15) is 23.7 Å². The number of nitrogens with zero attached hydrogens (tertiary/aromatic N) is 1. The molecule has 0 radical (unpaired) electrons. The standard InChI is InChI=1S/C21H21BrFNO4/c1-4-27-21(26)18(12-24(2)3)20(25)17-11-16(9-10-19(17)22)28-13-14-5-7-15(23)8-6-14/h5-12H,4,13H2,1-3H3/b18-12-. The summed E-state index contributed by atoms with van der Waals surface area (Å²) in [4.78, 5) is 26.8. The molecule has 5 nitrogen and oxygen atoms in total. The van der Waals surface area contributed by atoms with Gasteiger partial charge in [0.05, 0.1) is 6.61 Å². The molecule has 0 heterocycles. The molecule has 0 amide bonds. The summed E-state index contributed by atoms with van der Waals surface area (Å²) < 4.78 is 24.2. The third-order valence-electron chi connectivity index (χ3n) is 3.63. The number of carbonyl (C=O) groups is 2. The van der Waals surface area contributed by atoms with Gasteiger partial charge in [-0.2, -0.15) is 0 Å². The number of carbonyl (C=O) groups excluding carboxylic acids is 2. The SMILES string of the molecule is CCOC(=O)/C(=C\N(C)C)C(=O)c1cc(OCc2ccc(F)cc2)ccc1Br. The highest BCUT2D eigenvalue weighted by Crippen LogP contribution is 2.26. The highest BCUT2D eigenvalue weighted by molar-refractivity contribution is 9.10. The minimum atomic E-state index is -0.689. The third-order valence-corrected chi connectivity index (χ3v) is 4.32. The molecule has 2 rings (SSSR count). The van der Waals surface area contributed by atoms with Crippen molar-refractivity contribution in [2.75, 3.05) is 20.7 Å². The second-order valence-corrected chi connectivity index (χ2v) is 6.97. The van der Waals surface area contributed by atoms with Crippen molar-refractivity contribution in [2.45, 2.75) is 13.5 Å². The summed E-state index contributed by atoms with van der Waals surface area (Å²) in [5, 5.41) is 0. The highest BCUT2D eigenvalue weighted by atomic mass is 79.9. The second kappa shape index (κ2) is 10.0. The monoisotopic (exact) mass is 449 g/mol. The van der Waals surface area contributed by atoms with Gasteiger partial charge in [-0.1, -0.05) is 28.1 Å². The summed E-state index contributed by atoms with van der Waals surface area (Å²) >= 11 is 3.35. The summed E-state index contributed by atoms with van der Waals surface area (Å²) in [6.07, 6.45) is 1.43. The zero-order valence-corrected chi connectivity index (χ0v) is 17.5. The second-order valence-electron chi connectivity index (χ2n) is 6.11. The molecule has 0 bridgehead atoms. The molecular weight excluding hydrogens is 429 g/mol. The molecule has 7 heteroatoms. The number of esters is 1. The van der Waals surface area contributed by atoms with Crippen LogP contribution in [0.25, 0.3) is 0 Å². The fourth-order valence-electron chi connectivity index (χ4n) is 2.33. The Labute approximate surface area is 171 Å². The molecule has 0 aromatic heterocycles. The van der Waals surface area contributed by atoms with Crippen LogP contribution in [0.2, 0.25) is 0 Å². The van der Waals surface area contributed by atoms with Crippen LogP contribution in [0.1, 0.15) is 22.8 Å². The van der Waals surface area contributed by atoms with Crippen LogP contribution in [-0.4, -0.2) is 37.4 Å². The largest absolute Gasteiger partial charge is 0.489 e. The van der Waals surface area contributed by atoms with Crippen LogP contribution >= 0.6 is 15.9 Å². The number of Topliss-reactive ketones (excluding diaryl/α,β-unsaturated/α-hetero) is 1. The van der Waals surface area contributed by atoms with Gasteiger partial charge in [0.25, 0.3) is 0 Å². The van der Waals surface area contributed by atoms with Gasteiger partial charge in [-0.15, -0.1) is 0 Å². The molecular formula is C21H21BrFNO4. The van der Waals surface area contributed by atoms with E-state index in [4.69, 9.17) is 9.47 Å². The number of halogens is 2. The first-order chi connectivity index (χ1) is 13.3. The Hall–Kier alpha value is -2.67. The maximum Gasteiger partial charge on any atom is 0.343 e. The lowest BCUT2D eigenvalue weighted by molar-refractivity contribution is -0.138. The molecule has 0 saturated carbocycles. The fourth-order valence-corrected chi connectivity index (χ4v) is 2.76. The van der Waals surface area contributed by atoms with E-state index in [-0.39, 0.29) is 30.2 Å². The quantitative estimate of drug-likeness (QED) is 0.197. The summed E-state index contributed by atoms with van der Waals surface area (Å²) in [6, 6.07) is 10.9. The van der Waals surface area contributed by atoms with E-state index in [1.54, 1.807) is 56.3 Å². The molecule has 0 aliphatic carbocycles. The molecule has 0 atom stereocenters. The number of benzene rings is 2. The van der Waals surface area contributed by atoms with Crippen LogP contribution in [0, 0.1) is 5.82 Å². The summed E-state index contributed by atoms with van der Waals surface area (Å²) in [5.41, 5.74) is 0.984. The molecule has 0 aliphatic rings. The number of ketones is 1. The molecule has 0 fully saturated rings. The number of ether oxygens (including phenoxy) is 2. The van der Waals surface area contributed by atoms with E-state index < -0.39 is 11.8 Å². The van der Waals surface area contributed by atoms with Crippen LogP contribution in [0.3, 0.4) is 0 Å². The molecule has 0 unspecified atom stereocenters. The smallest absolute Gasteiger partial charge is 0.343 e. The Kier molecular flexibility index (Phi) is 7.75. The minimum absolute atomic E-state index is 0.0803. The van der Waals surface area contributed by atoms with Crippen molar-refractivity contribution in [1.29, 1.82) is 0 Å². The predicted molar refractivity (Wildman–Crippen MR) is 108 cm³/mol. The van der Waals surface area contributed by atoms with Crippen molar-refractivity contribution >= 4 is 27.7 Å². The normalized spacial score (nSPS) is 11.1. The van der Waals surface area contributed by atoms with E-state index in [1.807, 2.05) is 0 Å². The third kappa shape index (κ3) is 5.92. The average Bonchev–Trinajstić information content (AvgIpc) is 2.66. The number of hydrogen-bond donors (Lipinski definition) is 0. The predicted octanol–water partition coefficient (Wildman–Crippen LogP) is 4.36. The molecule has 0 saturated heterocycles. The molecule has 28 heavy (non-hydrogen) atoms. The van der Waals surface area contributed by atoms with Crippen molar-refractivity contribution in [1.82, 2.24) is 4.90 Å². The first-order valence-corrected chi connectivity index (χ1v) is 9.38. The van der Waals surface area contributed by atoms with E-state index in [0.717, 1.165) is 5.56 Å². The van der Waals surface area contributed by atoms with Crippen molar-refractivity contribution in [3.05, 3.63) is 75.7 Å². The topological polar surface area (TPSA) is 55.8 Å². The van der Waals surface area contributed by atoms with Gasteiger partial charge in [-0.05, 0) is 42.8 Å². The average molecular weight is 450 g/mol. The van der Waals surface area contributed by atoms with Crippen molar-refractivity contribution in [2.24, 2.45) is 0 Å². The zero-order chi connectivity index (χ0) is 20.7. The van der Waals surface area contributed by atoms with Crippen molar-refractivity contribution in [3.8, 4) is 5.75 Å². The fraction of sp³-hybridized carbons (Fsp3) is 0.238. The Bertz CT molecular complexity index is 878. The van der Waals surface area contributed by atoms with Gasteiger partial charge in [-0.3, -0.25) is 4.79 Å². The summed E-state index contributed by atoms with van der Waals surface area (Å²) in [5.74, 6) is -1.04. The van der Waals surface area contributed by atoms with Gasteiger partial charge < -0.3 is 14.4 Å². The van der Waals surface area contributed by atoms with E-state index in [9.17, 15) is 14.0 Å². The van der Waals surface area contributed by atoms with Crippen LogP contribution < -0.4 is 4.74 Å². The lowest BCUT2D eigenvalue weighted by atomic mass is 10.0. The minimum Gasteiger partial charge on any atom is -0.489 e. The molecule has 0 aliphatic heterocycles. The Balaban J connectivity index is 2.25. The summed E-state index contributed by atoms with van der Waals surface area (Å²) in [6.45, 7) is 2.06. The Morgan fingerprint density at radius 1 is 1.14 bits per heavy atom. The van der Waals surface area contributed by atoms with E-state index in [0.29, 0.717) is 10.2 Å². The maximum atomic E-state index is 13.0. The Morgan fingerprint density at radius 2 is 1.82 bits per heavy atom. The van der Waals surface area contributed by atoms with Gasteiger partial charge in [0, 0.05) is 30.3 Å². The molecule has 2 aromatic carbocycles. The lowest BCUT2D eigenvalue weighted by Gasteiger charge is -2.13. The molecule has 2 aromatic rings. The van der Waals surface area contributed by atoms with Gasteiger partial charge in [-0.25, -0.2) is 9.18 Å². The lowest BCUT2D eigenvalue weighted by Crippen LogP contribution is -2.19. The summed E-state index contributed by atoms with van der Waals surface area (Å²) in [7, 11) is 3.42. The first kappa shape index (κ1) is 21.6. The number of rotatable bonds is 8.